The van der Waals surface area contributed by atoms with E-state index in [1.807, 2.05) is 17.5 Å². The number of halogens is 1. The van der Waals surface area contributed by atoms with Gasteiger partial charge in [0.1, 0.15) is 11.5 Å². The van der Waals surface area contributed by atoms with E-state index in [9.17, 15) is 18.8 Å². The molecule has 0 aliphatic carbocycles. The second-order valence-corrected chi connectivity index (χ2v) is 12.5. The van der Waals surface area contributed by atoms with Crippen molar-refractivity contribution < 1.29 is 28.2 Å². The van der Waals surface area contributed by atoms with Gasteiger partial charge in [0.25, 0.3) is 11.8 Å². The minimum atomic E-state index is -0.562. The fourth-order valence-electron chi connectivity index (χ4n) is 4.41. The smallest absolute Gasteiger partial charge is 0.272 e. The number of methoxy groups -OCH3 is 2. The van der Waals surface area contributed by atoms with Crippen LogP contribution in [-0.2, 0) is 9.59 Å². The molecule has 3 amide bonds. The second-order valence-electron chi connectivity index (χ2n) is 10.3. The molecule has 5 aromatic rings. The molecule has 3 N–H and O–H groups in total. The van der Waals surface area contributed by atoms with Gasteiger partial charge in [-0.2, -0.15) is 0 Å². The highest BCUT2D eigenvalue weighted by Crippen LogP contribution is 2.34. The van der Waals surface area contributed by atoms with Crippen molar-refractivity contribution >= 4 is 57.7 Å². The summed E-state index contributed by atoms with van der Waals surface area (Å²) < 4.78 is 24.1. The van der Waals surface area contributed by atoms with Gasteiger partial charge in [-0.25, -0.2) is 9.37 Å². The number of anilines is 2. The summed E-state index contributed by atoms with van der Waals surface area (Å²) >= 11 is 2.67. The topological polar surface area (TPSA) is 119 Å². The number of rotatable bonds is 12. The Balaban J connectivity index is 1.20. The fraction of sp³-hybridized carbons (Fsp3) is 0.111. The van der Waals surface area contributed by atoms with E-state index in [1.54, 1.807) is 81.8 Å². The van der Waals surface area contributed by atoms with Crippen LogP contribution in [0.2, 0.25) is 0 Å². The van der Waals surface area contributed by atoms with Crippen molar-refractivity contribution in [2.75, 3.05) is 24.9 Å². The molecule has 0 saturated carbocycles. The van der Waals surface area contributed by atoms with Gasteiger partial charge in [-0.1, -0.05) is 30.3 Å². The first-order chi connectivity index (χ1) is 23.2. The first-order valence-corrected chi connectivity index (χ1v) is 16.4. The maximum Gasteiger partial charge on any atom is 0.272 e. The van der Waals surface area contributed by atoms with E-state index in [0.717, 1.165) is 10.5 Å². The van der Waals surface area contributed by atoms with Crippen molar-refractivity contribution in [1.29, 1.82) is 0 Å². The lowest BCUT2D eigenvalue weighted by atomic mass is 10.1. The van der Waals surface area contributed by atoms with Gasteiger partial charge in [0.2, 0.25) is 5.91 Å². The fourth-order valence-corrected chi connectivity index (χ4v) is 6.00. The number of carbonyl (C=O) groups is 3. The summed E-state index contributed by atoms with van der Waals surface area (Å²) in [7, 11) is 3.14. The van der Waals surface area contributed by atoms with E-state index < -0.39 is 22.9 Å². The molecule has 1 atom stereocenters. The van der Waals surface area contributed by atoms with Gasteiger partial charge in [0, 0.05) is 27.1 Å². The van der Waals surface area contributed by atoms with Crippen LogP contribution in [0, 0.1) is 5.82 Å². The molecule has 0 saturated heterocycles. The Morgan fingerprint density at radius 2 is 1.58 bits per heavy atom. The first kappa shape index (κ1) is 33.9. The van der Waals surface area contributed by atoms with Gasteiger partial charge in [0.05, 0.1) is 25.2 Å². The zero-order valence-electron chi connectivity index (χ0n) is 26.2. The zero-order valence-corrected chi connectivity index (χ0v) is 27.8. The van der Waals surface area contributed by atoms with Gasteiger partial charge in [-0.15, -0.1) is 23.1 Å². The molecule has 5 rings (SSSR count). The summed E-state index contributed by atoms with van der Waals surface area (Å²) in [5.41, 5.74) is 2.90. The van der Waals surface area contributed by atoms with Crippen LogP contribution in [-0.4, -0.2) is 42.2 Å². The van der Waals surface area contributed by atoms with Gasteiger partial charge < -0.3 is 25.4 Å². The van der Waals surface area contributed by atoms with Gasteiger partial charge in [-0.3, -0.25) is 14.4 Å². The van der Waals surface area contributed by atoms with Gasteiger partial charge >= 0.3 is 0 Å². The van der Waals surface area contributed by atoms with Crippen molar-refractivity contribution in [2.24, 2.45) is 0 Å². The minimum Gasteiger partial charge on any atom is -0.493 e. The number of thioether (sulfide) groups is 1. The summed E-state index contributed by atoms with van der Waals surface area (Å²) in [5, 5.41) is 10.2. The Morgan fingerprint density at radius 3 is 2.27 bits per heavy atom. The predicted molar refractivity (Wildman–Crippen MR) is 188 cm³/mol. The number of carbonyl (C=O) groups excluding carboxylic acids is 3. The Hall–Kier alpha value is -5.46. The summed E-state index contributed by atoms with van der Waals surface area (Å²) in [4.78, 5) is 44.5. The van der Waals surface area contributed by atoms with Crippen LogP contribution in [0.4, 0.5) is 15.2 Å². The number of hydrogen-bond donors (Lipinski definition) is 3. The maximum absolute atomic E-state index is 13.5. The second kappa shape index (κ2) is 15.9. The molecule has 0 spiro atoms. The van der Waals surface area contributed by atoms with Gasteiger partial charge in [-0.05, 0) is 85.3 Å². The highest BCUT2D eigenvalue weighted by Gasteiger charge is 2.18. The number of thiazole rings is 1. The Morgan fingerprint density at radius 1 is 0.875 bits per heavy atom. The van der Waals surface area contributed by atoms with Crippen LogP contribution in [0.15, 0.2) is 113 Å². The average Bonchev–Trinajstić information content (AvgIpc) is 3.58. The number of amides is 3. The normalized spacial score (nSPS) is 11.7. The number of nitrogens with zero attached hydrogens (tertiary/aromatic N) is 1. The Kier molecular flexibility index (Phi) is 11.2. The van der Waals surface area contributed by atoms with E-state index in [4.69, 9.17) is 9.47 Å². The van der Waals surface area contributed by atoms with Gasteiger partial charge in [0.15, 0.2) is 16.6 Å². The zero-order chi connectivity index (χ0) is 34.0. The molecule has 1 heterocycles. The minimum absolute atomic E-state index is 0.0179. The number of nitrogens with one attached hydrogen (secondary N) is 3. The van der Waals surface area contributed by atoms with E-state index in [2.05, 4.69) is 20.9 Å². The van der Waals surface area contributed by atoms with Crippen LogP contribution < -0.4 is 25.4 Å². The van der Waals surface area contributed by atoms with E-state index in [-0.39, 0.29) is 11.6 Å². The Labute approximate surface area is 285 Å². The lowest BCUT2D eigenvalue weighted by Gasteiger charge is -2.13. The quantitative estimate of drug-likeness (QED) is 0.0922. The van der Waals surface area contributed by atoms with Crippen molar-refractivity contribution in [3.05, 3.63) is 125 Å². The van der Waals surface area contributed by atoms with Crippen LogP contribution in [0.25, 0.3) is 17.3 Å². The third kappa shape index (κ3) is 8.87. The number of hydrogen-bond acceptors (Lipinski definition) is 8. The highest BCUT2D eigenvalue weighted by atomic mass is 32.2. The number of benzene rings is 4. The molecule has 9 nitrogen and oxygen atoms in total. The van der Waals surface area contributed by atoms with Crippen molar-refractivity contribution in [2.45, 2.75) is 17.1 Å². The summed E-state index contributed by atoms with van der Waals surface area (Å²) in [6, 6.07) is 26.5. The number of ether oxygens (including phenoxy) is 2. The van der Waals surface area contributed by atoms with Crippen molar-refractivity contribution in [3.63, 3.8) is 0 Å². The molecule has 0 bridgehead atoms. The predicted octanol–water partition coefficient (Wildman–Crippen LogP) is 7.50. The van der Waals surface area contributed by atoms with Crippen LogP contribution in [0.1, 0.15) is 22.8 Å². The largest absolute Gasteiger partial charge is 0.493 e. The molecular formula is C36H31FN4O5S2. The molecule has 1 aromatic heterocycles. The molecule has 244 valence electrons. The third-order valence-corrected chi connectivity index (χ3v) is 8.79. The Bertz CT molecular complexity index is 1930. The van der Waals surface area contributed by atoms with Crippen LogP contribution in [0.3, 0.4) is 0 Å². The third-order valence-electron chi connectivity index (χ3n) is 6.92. The maximum atomic E-state index is 13.5. The monoisotopic (exact) mass is 682 g/mol. The molecular weight excluding hydrogens is 652 g/mol. The molecule has 1 unspecified atom stereocenters. The molecule has 48 heavy (non-hydrogen) atoms. The summed E-state index contributed by atoms with van der Waals surface area (Å²) in [6.45, 7) is 1.79. The van der Waals surface area contributed by atoms with Crippen molar-refractivity contribution in [1.82, 2.24) is 10.3 Å². The molecule has 0 fully saturated rings. The lowest BCUT2D eigenvalue weighted by Crippen LogP contribution is -2.30. The summed E-state index contributed by atoms with van der Waals surface area (Å²) in [5.74, 6) is -0.460. The summed E-state index contributed by atoms with van der Waals surface area (Å²) in [6.07, 6.45) is 1.47. The number of aromatic nitrogens is 1. The molecule has 0 aliphatic rings. The standard InChI is InChI=1S/C36H31FN4O5S2/c1-22(33(42)41-36-40-30(21-47-36)25-11-18-31(45-2)32(20-25)46-3)48-28-16-14-27(15-17-28)38-35(44)29(19-23-9-12-26(37)13-10-23)39-34(43)24-7-5-4-6-8-24/h4-22H,1-3H3,(H,38,44)(H,39,43)(H,40,41,42)/b29-19-. The van der Waals surface area contributed by atoms with E-state index >= 15 is 0 Å². The molecule has 12 heteroatoms. The highest BCUT2D eigenvalue weighted by molar-refractivity contribution is 8.00. The molecule has 0 aliphatic heterocycles. The lowest BCUT2D eigenvalue weighted by molar-refractivity contribution is -0.115. The SMILES string of the molecule is COc1ccc(-c2csc(NC(=O)C(C)Sc3ccc(NC(=O)/C(=C/c4ccc(F)cc4)NC(=O)c4ccccc4)cc3)n2)cc1OC. The first-order valence-electron chi connectivity index (χ1n) is 14.6. The molecule has 4 aromatic carbocycles. The van der Waals surface area contributed by atoms with Crippen LogP contribution in [0.5, 0.6) is 11.5 Å². The van der Waals surface area contributed by atoms with Crippen molar-refractivity contribution in [3.8, 4) is 22.8 Å². The average molecular weight is 683 g/mol. The van der Waals surface area contributed by atoms with E-state index in [0.29, 0.717) is 39.1 Å². The molecule has 0 radical (unpaired) electrons. The van der Waals surface area contributed by atoms with Crippen LogP contribution >= 0.6 is 23.1 Å². The van der Waals surface area contributed by atoms with E-state index in [1.165, 1.54) is 53.4 Å².